The number of carbonyl (C=O) groups excluding carboxylic acids is 1. The predicted octanol–water partition coefficient (Wildman–Crippen LogP) is 3.17. The summed E-state index contributed by atoms with van der Waals surface area (Å²) in [6.07, 6.45) is 4.13. The van der Waals surface area contributed by atoms with Crippen molar-refractivity contribution in [3.8, 4) is 0 Å². The van der Waals surface area contributed by atoms with Gasteiger partial charge < -0.3 is 11.1 Å². The average Bonchev–Trinajstić information content (AvgIpc) is 2.81. The molecule has 0 aliphatic heterocycles. The van der Waals surface area contributed by atoms with Crippen LogP contribution in [0.3, 0.4) is 0 Å². The van der Waals surface area contributed by atoms with E-state index in [9.17, 15) is 4.79 Å². The fourth-order valence-electron chi connectivity index (χ4n) is 4.90. The molecule has 3 N–H and O–H groups in total. The highest BCUT2D eigenvalue weighted by molar-refractivity contribution is 5.77. The van der Waals surface area contributed by atoms with Crippen molar-refractivity contribution >= 4 is 5.91 Å². The molecule has 0 radical (unpaired) electrons. The topological polar surface area (TPSA) is 61.6 Å². The van der Waals surface area contributed by atoms with Crippen molar-refractivity contribution in [1.82, 2.24) is 15.1 Å². The van der Waals surface area contributed by atoms with Crippen molar-refractivity contribution in [2.75, 3.05) is 41.8 Å². The molecule has 2 aromatic rings. The first-order chi connectivity index (χ1) is 14.4. The SMILES string of the molecule is CN.CNC(=O)CN(C)C1(c2ccccc2)CCC(c2ccccc2)(N(C)C)CC1. The second kappa shape index (κ2) is 10.7. The van der Waals surface area contributed by atoms with Gasteiger partial charge in [-0.1, -0.05) is 60.7 Å². The summed E-state index contributed by atoms with van der Waals surface area (Å²) in [4.78, 5) is 16.8. The van der Waals surface area contributed by atoms with Crippen LogP contribution in [0.1, 0.15) is 36.8 Å². The molecular weight excluding hydrogens is 372 g/mol. The Labute approximate surface area is 182 Å². The molecule has 164 valence electrons. The summed E-state index contributed by atoms with van der Waals surface area (Å²) in [7, 11) is 9.68. The van der Waals surface area contributed by atoms with Gasteiger partial charge in [-0.2, -0.15) is 0 Å². The minimum absolute atomic E-state index is 0.0351. The molecule has 1 aliphatic rings. The monoisotopic (exact) mass is 410 g/mol. The highest BCUT2D eigenvalue weighted by Crippen LogP contribution is 2.50. The molecule has 5 nitrogen and oxygen atoms in total. The van der Waals surface area contributed by atoms with Crippen LogP contribution in [0.2, 0.25) is 0 Å². The molecule has 2 aromatic carbocycles. The molecule has 5 heteroatoms. The number of benzene rings is 2. The third kappa shape index (κ3) is 4.75. The van der Waals surface area contributed by atoms with Crippen LogP contribution in [0.5, 0.6) is 0 Å². The zero-order chi connectivity index (χ0) is 22.2. The highest BCUT2D eigenvalue weighted by atomic mass is 16.1. The maximum atomic E-state index is 12.1. The lowest BCUT2D eigenvalue weighted by Gasteiger charge is -2.53. The largest absolute Gasteiger partial charge is 0.358 e. The Kier molecular flexibility index (Phi) is 8.59. The standard InChI is InChI=1S/C24H33N3O.CH5N/c1-25-22(28)19-27(4)24(21-13-9-6-10-14-21)17-15-23(16-18-24,26(2)3)20-11-7-5-8-12-20;1-2/h5-14H,15-19H2,1-4H3,(H,25,28);2H2,1H3. The fraction of sp³-hybridized carbons (Fsp3) is 0.480. The van der Waals surface area contributed by atoms with Crippen LogP contribution in [0.15, 0.2) is 60.7 Å². The van der Waals surface area contributed by atoms with Crippen LogP contribution in [0, 0.1) is 0 Å². The molecule has 1 aliphatic carbocycles. The van der Waals surface area contributed by atoms with Gasteiger partial charge in [0.15, 0.2) is 0 Å². The number of likely N-dealkylation sites (N-methyl/N-ethyl adjacent to an activating group) is 2. The fourth-order valence-corrected chi connectivity index (χ4v) is 4.90. The van der Waals surface area contributed by atoms with Crippen molar-refractivity contribution < 1.29 is 4.79 Å². The Balaban J connectivity index is 0.00000155. The number of rotatable bonds is 6. The highest BCUT2D eigenvalue weighted by Gasteiger charge is 2.47. The third-order valence-corrected chi connectivity index (χ3v) is 6.77. The number of carbonyl (C=O) groups is 1. The predicted molar refractivity (Wildman–Crippen MR) is 125 cm³/mol. The first kappa shape index (κ1) is 24.1. The minimum atomic E-state index is -0.123. The van der Waals surface area contributed by atoms with Crippen LogP contribution in [0.4, 0.5) is 0 Å². The van der Waals surface area contributed by atoms with Crippen LogP contribution in [-0.4, -0.2) is 57.5 Å². The number of hydrogen-bond acceptors (Lipinski definition) is 4. The van der Waals surface area contributed by atoms with Gasteiger partial charge in [0.05, 0.1) is 6.54 Å². The van der Waals surface area contributed by atoms with Gasteiger partial charge in [-0.3, -0.25) is 14.6 Å². The Morgan fingerprint density at radius 1 is 0.833 bits per heavy atom. The van der Waals surface area contributed by atoms with Crippen LogP contribution < -0.4 is 11.1 Å². The Morgan fingerprint density at radius 3 is 1.63 bits per heavy atom. The van der Waals surface area contributed by atoms with E-state index in [1.807, 2.05) is 0 Å². The Morgan fingerprint density at radius 2 is 1.23 bits per heavy atom. The number of nitrogens with one attached hydrogen (secondary N) is 1. The Hall–Kier alpha value is -2.21. The molecular formula is C25H38N4O. The van der Waals surface area contributed by atoms with E-state index in [0.717, 1.165) is 25.7 Å². The summed E-state index contributed by atoms with van der Waals surface area (Å²) >= 11 is 0. The summed E-state index contributed by atoms with van der Waals surface area (Å²) in [5.41, 5.74) is 7.10. The molecule has 0 heterocycles. The number of nitrogens with zero attached hydrogens (tertiary/aromatic N) is 2. The van der Waals surface area contributed by atoms with Crippen LogP contribution in [0.25, 0.3) is 0 Å². The van der Waals surface area contributed by atoms with Gasteiger partial charge in [-0.15, -0.1) is 0 Å². The number of nitrogens with two attached hydrogens (primary N) is 1. The summed E-state index contributed by atoms with van der Waals surface area (Å²) < 4.78 is 0. The van der Waals surface area contributed by atoms with E-state index in [4.69, 9.17) is 0 Å². The second-order valence-electron chi connectivity index (χ2n) is 8.22. The first-order valence-electron chi connectivity index (χ1n) is 10.7. The van der Waals surface area contributed by atoms with Crippen molar-refractivity contribution in [3.05, 3.63) is 71.8 Å². The van der Waals surface area contributed by atoms with Gasteiger partial charge in [0, 0.05) is 18.1 Å². The van der Waals surface area contributed by atoms with Crippen LogP contribution >= 0.6 is 0 Å². The maximum absolute atomic E-state index is 12.1. The van der Waals surface area contributed by atoms with Crippen molar-refractivity contribution in [3.63, 3.8) is 0 Å². The molecule has 1 saturated carbocycles. The molecule has 30 heavy (non-hydrogen) atoms. The van der Waals surface area contributed by atoms with Gasteiger partial charge in [0.25, 0.3) is 0 Å². The Bertz CT molecular complexity index is 768. The molecule has 3 rings (SSSR count). The first-order valence-corrected chi connectivity index (χ1v) is 10.7. The second-order valence-corrected chi connectivity index (χ2v) is 8.22. The summed E-state index contributed by atoms with van der Waals surface area (Å²) in [5, 5.41) is 2.78. The number of amides is 1. The van der Waals surface area contributed by atoms with Crippen molar-refractivity contribution in [1.29, 1.82) is 0 Å². The smallest absolute Gasteiger partial charge is 0.233 e. The summed E-state index contributed by atoms with van der Waals surface area (Å²) in [5.74, 6) is 0.0605. The normalized spacial score (nSPS) is 23.6. The van der Waals surface area contributed by atoms with Crippen molar-refractivity contribution in [2.24, 2.45) is 5.73 Å². The molecule has 0 unspecified atom stereocenters. The van der Waals surface area contributed by atoms with E-state index in [0.29, 0.717) is 6.54 Å². The van der Waals surface area contributed by atoms with Gasteiger partial charge in [0.2, 0.25) is 5.91 Å². The van der Waals surface area contributed by atoms with E-state index < -0.39 is 0 Å². The van der Waals surface area contributed by atoms with E-state index >= 15 is 0 Å². The van der Waals surface area contributed by atoms with E-state index in [1.54, 1.807) is 7.05 Å². The van der Waals surface area contributed by atoms with Crippen molar-refractivity contribution in [2.45, 2.75) is 36.8 Å². The lowest BCUT2D eigenvalue weighted by Crippen LogP contribution is -2.54. The zero-order valence-electron chi connectivity index (χ0n) is 19.2. The lowest BCUT2D eigenvalue weighted by molar-refractivity contribution is -0.124. The van der Waals surface area contributed by atoms with Gasteiger partial charge in [-0.05, 0) is 65.0 Å². The molecule has 0 saturated heterocycles. The zero-order valence-corrected chi connectivity index (χ0v) is 19.2. The van der Waals surface area contributed by atoms with E-state index in [-0.39, 0.29) is 17.0 Å². The lowest BCUT2D eigenvalue weighted by atomic mass is 9.66. The van der Waals surface area contributed by atoms with Gasteiger partial charge in [0.1, 0.15) is 0 Å². The number of hydrogen-bond donors (Lipinski definition) is 2. The molecule has 1 fully saturated rings. The van der Waals surface area contributed by atoms with Gasteiger partial charge >= 0.3 is 0 Å². The summed E-state index contributed by atoms with van der Waals surface area (Å²) in [6.45, 7) is 0.408. The van der Waals surface area contributed by atoms with E-state index in [2.05, 4.69) is 103 Å². The molecule has 0 aromatic heterocycles. The van der Waals surface area contributed by atoms with E-state index in [1.165, 1.54) is 18.2 Å². The van der Waals surface area contributed by atoms with Crippen LogP contribution in [-0.2, 0) is 15.9 Å². The summed E-state index contributed by atoms with van der Waals surface area (Å²) in [6, 6.07) is 21.6. The quantitative estimate of drug-likeness (QED) is 0.768. The molecule has 0 spiro atoms. The third-order valence-electron chi connectivity index (χ3n) is 6.77. The minimum Gasteiger partial charge on any atom is -0.358 e. The molecule has 0 bridgehead atoms. The molecule has 0 atom stereocenters. The average molecular weight is 411 g/mol. The maximum Gasteiger partial charge on any atom is 0.233 e. The van der Waals surface area contributed by atoms with Gasteiger partial charge in [-0.25, -0.2) is 0 Å². The molecule has 1 amide bonds.